The van der Waals surface area contributed by atoms with Crippen LogP contribution in [-0.4, -0.2) is 22.8 Å². The van der Waals surface area contributed by atoms with Gasteiger partial charge in [-0.3, -0.25) is 4.79 Å². The highest BCUT2D eigenvalue weighted by molar-refractivity contribution is 5.81. The fourth-order valence-corrected chi connectivity index (χ4v) is 1.18. The number of hydrogen-bond donors (Lipinski definition) is 2. The van der Waals surface area contributed by atoms with Gasteiger partial charge in [-0.2, -0.15) is 0 Å². The lowest BCUT2D eigenvalue weighted by Gasteiger charge is -2.22. The lowest BCUT2D eigenvalue weighted by molar-refractivity contribution is -0.144. The first-order valence-electron chi connectivity index (χ1n) is 4.11. The topological polar surface area (TPSA) is 57.5 Å². The number of aliphatic carboxylic acids is 1. The summed E-state index contributed by atoms with van der Waals surface area (Å²) in [4.78, 5) is 10.9. The van der Waals surface area contributed by atoms with Crippen molar-refractivity contribution in [3.8, 4) is 0 Å². The maximum atomic E-state index is 13.3. The third kappa shape index (κ3) is 1.61. The van der Waals surface area contributed by atoms with Crippen LogP contribution in [0.1, 0.15) is 12.5 Å². The summed E-state index contributed by atoms with van der Waals surface area (Å²) in [6.45, 7) is 0.650. The van der Waals surface area contributed by atoms with Crippen LogP contribution < -0.4 is 0 Å². The molecule has 1 atom stereocenters. The van der Waals surface area contributed by atoms with Crippen LogP contribution in [-0.2, 0) is 10.2 Å². The number of benzene rings is 1. The second-order valence-electron chi connectivity index (χ2n) is 3.28. The van der Waals surface area contributed by atoms with Crippen LogP contribution in [0.2, 0.25) is 0 Å². The number of halogens is 1. The lowest BCUT2D eigenvalue weighted by Crippen LogP contribution is -2.37. The van der Waals surface area contributed by atoms with Crippen molar-refractivity contribution in [3.63, 3.8) is 0 Å². The van der Waals surface area contributed by atoms with Crippen LogP contribution in [0.3, 0.4) is 0 Å². The van der Waals surface area contributed by atoms with Crippen LogP contribution in [0.4, 0.5) is 4.39 Å². The number of carbonyl (C=O) groups is 1. The zero-order valence-corrected chi connectivity index (χ0v) is 7.70. The molecule has 1 unspecified atom stereocenters. The van der Waals surface area contributed by atoms with Gasteiger partial charge < -0.3 is 10.2 Å². The Labute approximate surface area is 80.8 Å². The van der Waals surface area contributed by atoms with E-state index in [4.69, 9.17) is 10.2 Å². The van der Waals surface area contributed by atoms with Gasteiger partial charge in [-0.25, -0.2) is 4.39 Å². The fraction of sp³-hybridized carbons (Fsp3) is 0.300. The van der Waals surface area contributed by atoms with Gasteiger partial charge in [0.1, 0.15) is 11.2 Å². The maximum absolute atomic E-state index is 13.3. The van der Waals surface area contributed by atoms with E-state index in [1.54, 1.807) is 0 Å². The Morgan fingerprint density at radius 1 is 1.50 bits per heavy atom. The molecule has 0 aromatic heterocycles. The van der Waals surface area contributed by atoms with Crippen molar-refractivity contribution in [1.29, 1.82) is 0 Å². The van der Waals surface area contributed by atoms with Gasteiger partial charge in [-0.05, 0) is 13.0 Å². The molecule has 0 spiro atoms. The minimum absolute atomic E-state index is 0.00463. The highest BCUT2D eigenvalue weighted by Crippen LogP contribution is 2.25. The van der Waals surface area contributed by atoms with Crippen LogP contribution in [0.25, 0.3) is 0 Å². The number of rotatable bonds is 3. The molecule has 0 saturated heterocycles. The number of carboxylic acid groups (broad SMARTS) is 1. The number of aliphatic hydroxyl groups is 1. The first-order chi connectivity index (χ1) is 6.52. The first kappa shape index (κ1) is 10.7. The van der Waals surface area contributed by atoms with Crippen molar-refractivity contribution >= 4 is 5.97 Å². The standard InChI is InChI=1S/C10H11FO3/c1-10(6-12,9(13)14)7-4-2-3-5-8(7)11/h2-5,12H,6H2,1H3,(H,13,14). The minimum atomic E-state index is -1.58. The van der Waals surface area contributed by atoms with Crippen LogP contribution in [0.5, 0.6) is 0 Å². The number of hydrogen-bond acceptors (Lipinski definition) is 2. The highest BCUT2D eigenvalue weighted by Gasteiger charge is 2.36. The molecule has 76 valence electrons. The Bertz CT molecular complexity index is 351. The van der Waals surface area contributed by atoms with Crippen LogP contribution >= 0.6 is 0 Å². The van der Waals surface area contributed by atoms with E-state index in [9.17, 15) is 9.18 Å². The second-order valence-corrected chi connectivity index (χ2v) is 3.28. The number of carboxylic acids is 1. The van der Waals surface area contributed by atoms with Gasteiger partial charge in [0.15, 0.2) is 0 Å². The largest absolute Gasteiger partial charge is 0.481 e. The van der Waals surface area contributed by atoms with Gasteiger partial charge >= 0.3 is 5.97 Å². The maximum Gasteiger partial charge on any atom is 0.316 e. The van der Waals surface area contributed by atoms with Gasteiger partial charge in [-0.15, -0.1) is 0 Å². The molecular weight excluding hydrogens is 187 g/mol. The van der Waals surface area contributed by atoms with E-state index >= 15 is 0 Å². The smallest absolute Gasteiger partial charge is 0.316 e. The zero-order chi connectivity index (χ0) is 10.8. The molecule has 14 heavy (non-hydrogen) atoms. The quantitative estimate of drug-likeness (QED) is 0.766. The van der Waals surface area contributed by atoms with Gasteiger partial charge in [0.25, 0.3) is 0 Å². The summed E-state index contributed by atoms with van der Waals surface area (Å²) in [5.74, 6) is -1.86. The Balaban J connectivity index is 3.26. The summed E-state index contributed by atoms with van der Waals surface area (Å²) in [6.07, 6.45) is 0. The summed E-state index contributed by atoms with van der Waals surface area (Å²) in [5, 5.41) is 17.9. The van der Waals surface area contributed by atoms with E-state index in [0.29, 0.717) is 0 Å². The monoisotopic (exact) mass is 198 g/mol. The van der Waals surface area contributed by atoms with E-state index < -0.39 is 23.8 Å². The van der Waals surface area contributed by atoms with Crippen molar-refractivity contribution in [2.75, 3.05) is 6.61 Å². The van der Waals surface area contributed by atoms with Gasteiger partial charge in [0.2, 0.25) is 0 Å². The van der Waals surface area contributed by atoms with Crippen molar-refractivity contribution in [2.24, 2.45) is 0 Å². The molecule has 0 bridgehead atoms. The van der Waals surface area contributed by atoms with Crippen LogP contribution in [0.15, 0.2) is 24.3 Å². The SMILES string of the molecule is CC(CO)(C(=O)O)c1ccccc1F. The summed E-state index contributed by atoms with van der Waals surface area (Å²) in [5.41, 5.74) is -1.58. The van der Waals surface area contributed by atoms with E-state index in [1.165, 1.54) is 31.2 Å². The van der Waals surface area contributed by atoms with Crippen molar-refractivity contribution in [1.82, 2.24) is 0 Å². The molecule has 0 radical (unpaired) electrons. The Hall–Kier alpha value is -1.42. The molecule has 1 aromatic rings. The van der Waals surface area contributed by atoms with Gasteiger partial charge in [0, 0.05) is 5.56 Å². The predicted octanol–water partition coefficient (Wildman–Crippen LogP) is 1.16. The molecular formula is C10H11FO3. The number of aliphatic hydroxyl groups excluding tert-OH is 1. The summed E-state index contributed by atoms with van der Waals surface area (Å²) in [6, 6.07) is 5.54. The molecule has 0 aliphatic carbocycles. The molecule has 3 nitrogen and oxygen atoms in total. The zero-order valence-electron chi connectivity index (χ0n) is 7.70. The summed E-state index contributed by atoms with van der Waals surface area (Å²) in [7, 11) is 0. The van der Waals surface area contributed by atoms with Gasteiger partial charge in [0.05, 0.1) is 6.61 Å². The highest BCUT2D eigenvalue weighted by atomic mass is 19.1. The molecule has 0 fully saturated rings. The van der Waals surface area contributed by atoms with Crippen molar-refractivity contribution < 1.29 is 19.4 Å². The molecule has 0 aliphatic heterocycles. The summed E-state index contributed by atoms with van der Waals surface area (Å²) < 4.78 is 13.3. The third-order valence-electron chi connectivity index (χ3n) is 2.26. The molecule has 2 N–H and O–H groups in total. The molecule has 1 aromatic carbocycles. The van der Waals surface area contributed by atoms with E-state index in [2.05, 4.69) is 0 Å². The second kappa shape index (κ2) is 3.75. The Morgan fingerprint density at radius 2 is 2.07 bits per heavy atom. The third-order valence-corrected chi connectivity index (χ3v) is 2.26. The van der Waals surface area contributed by atoms with E-state index in [-0.39, 0.29) is 5.56 Å². The fourth-order valence-electron chi connectivity index (χ4n) is 1.18. The van der Waals surface area contributed by atoms with Crippen molar-refractivity contribution in [3.05, 3.63) is 35.6 Å². The molecule has 4 heteroatoms. The minimum Gasteiger partial charge on any atom is -0.481 e. The molecule has 0 amide bonds. The molecule has 0 aliphatic rings. The Morgan fingerprint density at radius 3 is 2.50 bits per heavy atom. The average molecular weight is 198 g/mol. The van der Waals surface area contributed by atoms with Gasteiger partial charge in [-0.1, -0.05) is 18.2 Å². The van der Waals surface area contributed by atoms with E-state index in [0.717, 1.165) is 0 Å². The first-order valence-corrected chi connectivity index (χ1v) is 4.11. The lowest BCUT2D eigenvalue weighted by atomic mass is 9.83. The molecule has 0 heterocycles. The Kier molecular flexibility index (Phi) is 2.86. The normalized spacial score (nSPS) is 14.8. The summed E-state index contributed by atoms with van der Waals surface area (Å²) >= 11 is 0. The molecule has 1 rings (SSSR count). The van der Waals surface area contributed by atoms with Crippen LogP contribution in [0, 0.1) is 5.82 Å². The average Bonchev–Trinajstić information content (AvgIpc) is 2.17. The van der Waals surface area contributed by atoms with E-state index in [1.807, 2.05) is 0 Å². The van der Waals surface area contributed by atoms with Crippen molar-refractivity contribution in [2.45, 2.75) is 12.3 Å². The predicted molar refractivity (Wildman–Crippen MR) is 48.5 cm³/mol. The molecule has 0 saturated carbocycles.